The van der Waals surface area contributed by atoms with Crippen molar-refractivity contribution in [3.63, 3.8) is 0 Å². The van der Waals surface area contributed by atoms with Crippen molar-refractivity contribution >= 4 is 11.9 Å². The Kier molecular flexibility index (Phi) is 7.55. The summed E-state index contributed by atoms with van der Waals surface area (Å²) >= 11 is 0. The molecule has 1 amide bonds. The van der Waals surface area contributed by atoms with E-state index in [1.54, 1.807) is 7.11 Å². The van der Waals surface area contributed by atoms with Crippen LogP contribution in [0.4, 0.5) is 0 Å². The van der Waals surface area contributed by atoms with Crippen molar-refractivity contribution in [1.29, 1.82) is 0 Å². The first-order chi connectivity index (χ1) is 15.0. The summed E-state index contributed by atoms with van der Waals surface area (Å²) in [6.45, 7) is 0.139. The minimum atomic E-state index is -1.49. The van der Waals surface area contributed by atoms with Gasteiger partial charge in [-0.05, 0) is 55.5 Å². The van der Waals surface area contributed by atoms with E-state index >= 15 is 0 Å². The smallest absolute Gasteiger partial charge is 0.394 e. The number of ether oxygens (including phenoxy) is 2. The number of aliphatic carboxylic acids is 1. The number of amides is 1. The molecule has 1 unspecified atom stereocenters. The number of likely N-dealkylation sites (N-methyl/N-ethyl adjacent to an activating group) is 1. The molecule has 31 heavy (non-hydrogen) atoms. The van der Waals surface area contributed by atoms with E-state index in [-0.39, 0.29) is 12.6 Å². The lowest BCUT2D eigenvalue weighted by Gasteiger charge is -2.22. The molecule has 0 aromatic heterocycles. The van der Waals surface area contributed by atoms with Crippen LogP contribution in [0.2, 0.25) is 0 Å². The molecule has 1 atom stereocenters. The van der Waals surface area contributed by atoms with Gasteiger partial charge in [0, 0.05) is 19.2 Å². The van der Waals surface area contributed by atoms with Gasteiger partial charge in [0.2, 0.25) is 0 Å². The quantitative estimate of drug-likeness (QED) is 0.569. The lowest BCUT2D eigenvalue weighted by atomic mass is 9.97. The second-order valence-electron chi connectivity index (χ2n) is 7.61. The summed E-state index contributed by atoms with van der Waals surface area (Å²) in [6, 6.07) is 15.1. The van der Waals surface area contributed by atoms with Gasteiger partial charge in [0.1, 0.15) is 0 Å². The Morgan fingerprint density at radius 2 is 1.84 bits per heavy atom. The fraction of sp³-hybridized carbons (Fsp3) is 0.360. The van der Waals surface area contributed by atoms with E-state index in [1.807, 2.05) is 48.5 Å². The molecule has 0 aliphatic heterocycles. The molecule has 1 N–H and O–H groups in total. The number of methoxy groups -OCH3 is 1. The molecule has 162 valence electrons. The maximum absolute atomic E-state index is 11.9. The minimum absolute atomic E-state index is 0.139. The molecule has 0 saturated heterocycles. The molecule has 0 bridgehead atoms. The Bertz CT molecular complexity index is 970. The molecule has 0 spiro atoms. The zero-order chi connectivity index (χ0) is 22.2. The summed E-state index contributed by atoms with van der Waals surface area (Å²) in [4.78, 5) is 24.2. The molecule has 0 radical (unpaired) electrons. The topological polar surface area (TPSA) is 76.1 Å². The normalized spacial score (nSPS) is 14.3. The Morgan fingerprint density at radius 3 is 2.48 bits per heavy atom. The van der Waals surface area contributed by atoms with Gasteiger partial charge in [0.05, 0.1) is 19.1 Å². The second kappa shape index (κ2) is 10.5. The standard InChI is InChI=1S/C25H27NO5/c1-26(24(27)25(28)29)17-20(13-12-18-8-4-3-5-9-18)19-14-15-22(30-2)23(16-19)31-21-10-6-7-11-21/h3-5,8-9,14-16,20-21H,6-7,10-11,17H2,1-2H3,(H,28,29). The molecular weight excluding hydrogens is 394 g/mol. The molecule has 6 heteroatoms. The largest absolute Gasteiger partial charge is 0.493 e. The molecule has 1 aliphatic carbocycles. The molecule has 1 aliphatic rings. The van der Waals surface area contributed by atoms with E-state index in [0.717, 1.165) is 36.8 Å². The fourth-order valence-electron chi connectivity index (χ4n) is 3.63. The second-order valence-corrected chi connectivity index (χ2v) is 7.61. The highest BCUT2D eigenvalue weighted by Gasteiger charge is 2.23. The van der Waals surface area contributed by atoms with Crippen LogP contribution < -0.4 is 9.47 Å². The van der Waals surface area contributed by atoms with Crippen LogP contribution in [0.25, 0.3) is 0 Å². The third kappa shape index (κ3) is 6.02. The van der Waals surface area contributed by atoms with E-state index in [2.05, 4.69) is 11.8 Å². The average molecular weight is 421 g/mol. The monoisotopic (exact) mass is 421 g/mol. The number of rotatable bonds is 6. The molecule has 1 saturated carbocycles. The third-order valence-corrected chi connectivity index (χ3v) is 5.34. The number of hydrogen-bond acceptors (Lipinski definition) is 4. The van der Waals surface area contributed by atoms with Crippen molar-refractivity contribution < 1.29 is 24.2 Å². The van der Waals surface area contributed by atoms with Gasteiger partial charge >= 0.3 is 11.9 Å². The number of nitrogens with zero attached hydrogens (tertiary/aromatic N) is 1. The summed E-state index contributed by atoms with van der Waals surface area (Å²) in [7, 11) is 3.07. The number of carbonyl (C=O) groups excluding carboxylic acids is 1. The van der Waals surface area contributed by atoms with E-state index < -0.39 is 17.8 Å². The van der Waals surface area contributed by atoms with Gasteiger partial charge in [-0.2, -0.15) is 0 Å². The van der Waals surface area contributed by atoms with Crippen LogP contribution in [0.3, 0.4) is 0 Å². The summed E-state index contributed by atoms with van der Waals surface area (Å²) in [5.41, 5.74) is 1.68. The molecule has 3 rings (SSSR count). The van der Waals surface area contributed by atoms with Gasteiger partial charge in [-0.1, -0.05) is 36.1 Å². The molecule has 0 heterocycles. The van der Waals surface area contributed by atoms with Crippen molar-refractivity contribution in [1.82, 2.24) is 4.90 Å². The Hall–Kier alpha value is -3.46. The zero-order valence-corrected chi connectivity index (χ0v) is 17.8. The van der Waals surface area contributed by atoms with Crippen LogP contribution >= 0.6 is 0 Å². The number of hydrogen-bond donors (Lipinski definition) is 1. The maximum atomic E-state index is 11.9. The van der Waals surface area contributed by atoms with E-state index in [9.17, 15) is 9.59 Å². The highest BCUT2D eigenvalue weighted by molar-refractivity contribution is 6.31. The van der Waals surface area contributed by atoms with Crippen molar-refractivity contribution in [3.05, 3.63) is 59.7 Å². The Morgan fingerprint density at radius 1 is 1.13 bits per heavy atom. The first-order valence-corrected chi connectivity index (χ1v) is 10.4. The Labute approximate surface area is 182 Å². The minimum Gasteiger partial charge on any atom is -0.493 e. The summed E-state index contributed by atoms with van der Waals surface area (Å²) in [5.74, 6) is 4.76. The molecule has 1 fully saturated rings. The van der Waals surface area contributed by atoms with Crippen LogP contribution in [0.1, 0.15) is 42.7 Å². The van der Waals surface area contributed by atoms with Crippen LogP contribution in [0.15, 0.2) is 48.5 Å². The predicted molar refractivity (Wildman–Crippen MR) is 117 cm³/mol. The van der Waals surface area contributed by atoms with Crippen molar-refractivity contribution in [2.75, 3.05) is 20.7 Å². The van der Waals surface area contributed by atoms with E-state index in [0.29, 0.717) is 11.5 Å². The number of carboxylic acids is 1. The van der Waals surface area contributed by atoms with Crippen LogP contribution in [-0.2, 0) is 9.59 Å². The highest BCUT2D eigenvalue weighted by Crippen LogP contribution is 2.34. The van der Waals surface area contributed by atoms with Crippen LogP contribution in [-0.4, -0.2) is 48.7 Å². The molecule has 2 aromatic rings. The highest BCUT2D eigenvalue weighted by atomic mass is 16.5. The van der Waals surface area contributed by atoms with Crippen LogP contribution in [0, 0.1) is 11.8 Å². The van der Waals surface area contributed by atoms with Gasteiger partial charge in [0.15, 0.2) is 11.5 Å². The molecule has 2 aromatic carbocycles. The Balaban J connectivity index is 1.92. The van der Waals surface area contributed by atoms with Crippen molar-refractivity contribution in [2.45, 2.75) is 37.7 Å². The predicted octanol–water partition coefficient (Wildman–Crippen LogP) is 3.69. The summed E-state index contributed by atoms with van der Waals surface area (Å²) in [5, 5.41) is 9.05. The zero-order valence-electron chi connectivity index (χ0n) is 17.8. The molecular formula is C25H27NO5. The lowest BCUT2D eigenvalue weighted by Crippen LogP contribution is -2.35. The van der Waals surface area contributed by atoms with Crippen molar-refractivity contribution in [3.8, 4) is 23.3 Å². The van der Waals surface area contributed by atoms with E-state index in [4.69, 9.17) is 14.6 Å². The van der Waals surface area contributed by atoms with Gasteiger partial charge in [-0.3, -0.25) is 4.79 Å². The van der Waals surface area contributed by atoms with Crippen molar-refractivity contribution in [2.24, 2.45) is 0 Å². The maximum Gasteiger partial charge on any atom is 0.394 e. The number of carbonyl (C=O) groups is 2. The van der Waals surface area contributed by atoms with E-state index in [1.165, 1.54) is 11.9 Å². The number of benzene rings is 2. The van der Waals surface area contributed by atoms with Gasteiger partial charge < -0.3 is 19.5 Å². The van der Waals surface area contributed by atoms with Gasteiger partial charge in [-0.15, -0.1) is 0 Å². The first-order valence-electron chi connectivity index (χ1n) is 10.4. The molecule has 6 nitrogen and oxygen atoms in total. The average Bonchev–Trinajstić information content (AvgIpc) is 3.29. The van der Waals surface area contributed by atoms with Crippen LogP contribution in [0.5, 0.6) is 11.5 Å². The van der Waals surface area contributed by atoms with Gasteiger partial charge in [-0.25, -0.2) is 4.79 Å². The number of carboxylic acid groups (broad SMARTS) is 1. The van der Waals surface area contributed by atoms with Gasteiger partial charge in [0.25, 0.3) is 0 Å². The summed E-state index contributed by atoms with van der Waals surface area (Å²) in [6.07, 6.45) is 4.50. The SMILES string of the molecule is COc1ccc(C(C#Cc2ccccc2)CN(C)C(=O)C(=O)O)cc1OC1CCCC1. The lowest BCUT2D eigenvalue weighted by molar-refractivity contribution is -0.155. The third-order valence-electron chi connectivity index (χ3n) is 5.34. The first kappa shape index (κ1) is 22.2. The fourth-order valence-corrected chi connectivity index (χ4v) is 3.63. The summed E-state index contributed by atoms with van der Waals surface area (Å²) < 4.78 is 11.7.